The molecule has 2 fully saturated rings. The number of nitrogens with zero attached hydrogens (tertiary/aromatic N) is 3. The summed E-state index contributed by atoms with van der Waals surface area (Å²) in [5.41, 5.74) is 3.81. The third-order valence-corrected chi connectivity index (χ3v) is 4.60. The third kappa shape index (κ3) is 2.59. The van der Waals surface area contributed by atoms with E-state index in [1.54, 1.807) is 0 Å². The number of aromatic nitrogens is 2. The molecule has 0 saturated heterocycles. The summed E-state index contributed by atoms with van der Waals surface area (Å²) in [4.78, 5) is 11.8. The average molecular weight is 275 g/mol. The molecule has 0 bridgehead atoms. The second kappa shape index (κ2) is 5.56. The van der Waals surface area contributed by atoms with E-state index in [0.717, 1.165) is 42.0 Å². The Hall–Kier alpha value is -1.36. The number of hydrazine groups is 1. The fourth-order valence-corrected chi connectivity index (χ4v) is 2.85. The minimum Gasteiger partial charge on any atom is -0.356 e. The van der Waals surface area contributed by atoms with Crippen molar-refractivity contribution < 1.29 is 0 Å². The van der Waals surface area contributed by atoms with Crippen molar-refractivity contribution in [3.05, 3.63) is 11.4 Å². The number of nitrogens with two attached hydrogens (primary N) is 1. The molecule has 2 saturated carbocycles. The monoisotopic (exact) mass is 275 g/mol. The largest absolute Gasteiger partial charge is 0.356 e. The Morgan fingerprint density at radius 3 is 2.50 bits per heavy atom. The molecule has 1 aromatic heterocycles. The number of hydrogen-bond acceptors (Lipinski definition) is 5. The van der Waals surface area contributed by atoms with E-state index in [0.29, 0.717) is 5.92 Å². The van der Waals surface area contributed by atoms with Gasteiger partial charge in [0.2, 0.25) is 0 Å². The molecule has 2 aliphatic rings. The summed E-state index contributed by atoms with van der Waals surface area (Å²) >= 11 is 0. The van der Waals surface area contributed by atoms with Crippen LogP contribution in [0.25, 0.3) is 0 Å². The number of hydrogen-bond donors (Lipinski definition) is 2. The van der Waals surface area contributed by atoms with Crippen molar-refractivity contribution in [2.45, 2.75) is 51.9 Å². The predicted octanol–water partition coefficient (Wildman–Crippen LogP) is 2.57. The SMILES string of the molecule is CCN(CC1CCC1)c1nc(C2CC2)nc(NN)c1C. The van der Waals surface area contributed by atoms with Crippen LogP contribution in [0.4, 0.5) is 11.6 Å². The Balaban J connectivity index is 1.89. The lowest BCUT2D eigenvalue weighted by Gasteiger charge is -2.33. The molecular formula is C15H25N5. The first-order valence-corrected chi connectivity index (χ1v) is 7.83. The van der Waals surface area contributed by atoms with Crippen LogP contribution >= 0.6 is 0 Å². The van der Waals surface area contributed by atoms with Gasteiger partial charge in [-0.15, -0.1) is 0 Å². The Morgan fingerprint density at radius 2 is 2.00 bits per heavy atom. The fourth-order valence-electron chi connectivity index (χ4n) is 2.85. The van der Waals surface area contributed by atoms with E-state index in [-0.39, 0.29) is 0 Å². The zero-order valence-corrected chi connectivity index (χ0v) is 12.5. The van der Waals surface area contributed by atoms with Crippen molar-refractivity contribution in [3.63, 3.8) is 0 Å². The highest BCUT2D eigenvalue weighted by Gasteiger charge is 2.29. The highest BCUT2D eigenvalue weighted by Crippen LogP contribution is 2.40. The van der Waals surface area contributed by atoms with Gasteiger partial charge in [0.05, 0.1) is 0 Å². The number of rotatable bonds is 6. The molecule has 110 valence electrons. The summed E-state index contributed by atoms with van der Waals surface area (Å²) in [6.45, 7) is 6.36. The molecule has 2 aliphatic carbocycles. The first-order valence-electron chi connectivity index (χ1n) is 7.83. The van der Waals surface area contributed by atoms with Gasteiger partial charge >= 0.3 is 0 Å². The van der Waals surface area contributed by atoms with Gasteiger partial charge in [0.25, 0.3) is 0 Å². The van der Waals surface area contributed by atoms with E-state index < -0.39 is 0 Å². The van der Waals surface area contributed by atoms with Crippen LogP contribution in [-0.4, -0.2) is 23.1 Å². The molecule has 0 radical (unpaired) electrons. The first kappa shape index (κ1) is 13.6. The summed E-state index contributed by atoms with van der Waals surface area (Å²) in [5.74, 6) is 9.83. The maximum Gasteiger partial charge on any atom is 0.148 e. The number of nitrogens with one attached hydrogen (secondary N) is 1. The van der Waals surface area contributed by atoms with E-state index >= 15 is 0 Å². The van der Waals surface area contributed by atoms with E-state index in [9.17, 15) is 0 Å². The summed E-state index contributed by atoms with van der Waals surface area (Å²) < 4.78 is 0. The maximum atomic E-state index is 5.63. The van der Waals surface area contributed by atoms with Crippen LogP contribution in [0.2, 0.25) is 0 Å². The summed E-state index contributed by atoms with van der Waals surface area (Å²) in [6, 6.07) is 0. The van der Waals surface area contributed by atoms with Gasteiger partial charge in [-0.25, -0.2) is 15.8 Å². The lowest BCUT2D eigenvalue weighted by Crippen LogP contribution is -2.34. The van der Waals surface area contributed by atoms with Crippen molar-refractivity contribution in [2.24, 2.45) is 11.8 Å². The second-order valence-electron chi connectivity index (χ2n) is 6.13. The number of nitrogen functional groups attached to an aromatic ring is 1. The van der Waals surface area contributed by atoms with Gasteiger partial charge in [-0.2, -0.15) is 0 Å². The number of anilines is 2. The molecule has 3 rings (SSSR count). The van der Waals surface area contributed by atoms with E-state index in [2.05, 4.69) is 29.2 Å². The van der Waals surface area contributed by atoms with Gasteiger partial charge in [0.1, 0.15) is 17.5 Å². The minimum atomic E-state index is 0.545. The zero-order chi connectivity index (χ0) is 14.1. The topological polar surface area (TPSA) is 67.1 Å². The van der Waals surface area contributed by atoms with E-state index in [1.165, 1.54) is 32.1 Å². The van der Waals surface area contributed by atoms with Crippen LogP contribution in [-0.2, 0) is 0 Å². The van der Waals surface area contributed by atoms with Gasteiger partial charge in [0, 0.05) is 24.6 Å². The molecule has 5 heteroatoms. The standard InChI is InChI=1S/C15H25N5/c1-3-20(9-11-5-4-6-11)15-10(2)13(19-16)17-14(18-15)12-7-8-12/h11-12H,3-9,16H2,1-2H3,(H,17,18,19). The zero-order valence-electron chi connectivity index (χ0n) is 12.5. The normalized spacial score (nSPS) is 18.8. The molecule has 1 aromatic rings. The second-order valence-corrected chi connectivity index (χ2v) is 6.13. The molecule has 0 aliphatic heterocycles. The van der Waals surface area contributed by atoms with Crippen LogP contribution in [0.5, 0.6) is 0 Å². The minimum absolute atomic E-state index is 0.545. The lowest BCUT2D eigenvalue weighted by atomic mass is 9.85. The van der Waals surface area contributed by atoms with E-state index in [1.807, 2.05) is 0 Å². The summed E-state index contributed by atoms with van der Waals surface area (Å²) in [7, 11) is 0. The highest BCUT2D eigenvalue weighted by atomic mass is 15.3. The summed E-state index contributed by atoms with van der Waals surface area (Å²) in [6.07, 6.45) is 6.52. The highest BCUT2D eigenvalue weighted by molar-refractivity contribution is 5.58. The van der Waals surface area contributed by atoms with Gasteiger partial charge in [-0.1, -0.05) is 6.42 Å². The molecule has 3 N–H and O–H groups in total. The Labute approximate surface area is 120 Å². The molecule has 20 heavy (non-hydrogen) atoms. The molecular weight excluding hydrogens is 250 g/mol. The lowest BCUT2D eigenvalue weighted by molar-refractivity contribution is 0.318. The van der Waals surface area contributed by atoms with Crippen molar-refractivity contribution >= 4 is 11.6 Å². The molecule has 0 amide bonds. The van der Waals surface area contributed by atoms with Crippen LogP contribution in [0.15, 0.2) is 0 Å². The molecule has 5 nitrogen and oxygen atoms in total. The predicted molar refractivity (Wildman–Crippen MR) is 81.8 cm³/mol. The Kier molecular flexibility index (Phi) is 3.78. The molecule has 0 spiro atoms. The van der Waals surface area contributed by atoms with E-state index in [4.69, 9.17) is 10.8 Å². The molecule has 0 atom stereocenters. The molecule has 0 unspecified atom stereocenters. The van der Waals surface area contributed by atoms with Crippen molar-refractivity contribution in [1.82, 2.24) is 9.97 Å². The van der Waals surface area contributed by atoms with Gasteiger partial charge in [0.15, 0.2) is 0 Å². The van der Waals surface area contributed by atoms with Crippen molar-refractivity contribution in [2.75, 3.05) is 23.4 Å². The van der Waals surface area contributed by atoms with Gasteiger partial charge in [-0.3, -0.25) is 0 Å². The van der Waals surface area contributed by atoms with Crippen LogP contribution < -0.4 is 16.2 Å². The molecule has 0 aromatic carbocycles. The summed E-state index contributed by atoms with van der Waals surface area (Å²) in [5, 5.41) is 0. The third-order valence-electron chi connectivity index (χ3n) is 4.60. The van der Waals surface area contributed by atoms with Crippen molar-refractivity contribution in [1.29, 1.82) is 0 Å². The Morgan fingerprint density at radius 1 is 1.25 bits per heavy atom. The fraction of sp³-hybridized carbons (Fsp3) is 0.733. The van der Waals surface area contributed by atoms with Crippen LogP contribution in [0.3, 0.4) is 0 Å². The quantitative estimate of drug-likeness (QED) is 0.617. The smallest absolute Gasteiger partial charge is 0.148 e. The maximum absolute atomic E-state index is 5.63. The van der Waals surface area contributed by atoms with Crippen LogP contribution in [0.1, 0.15) is 56.3 Å². The first-order chi connectivity index (χ1) is 9.72. The van der Waals surface area contributed by atoms with Crippen molar-refractivity contribution in [3.8, 4) is 0 Å². The Bertz CT molecular complexity index is 479. The molecule has 1 heterocycles. The van der Waals surface area contributed by atoms with Gasteiger partial charge in [-0.05, 0) is 45.4 Å². The van der Waals surface area contributed by atoms with Crippen LogP contribution in [0, 0.1) is 12.8 Å². The average Bonchev–Trinajstić information content (AvgIpc) is 3.23. The van der Waals surface area contributed by atoms with Gasteiger partial charge < -0.3 is 10.3 Å².